The minimum Gasteiger partial charge on any atom is -0.481 e. The van der Waals surface area contributed by atoms with Crippen molar-refractivity contribution >= 4 is 17.8 Å². The van der Waals surface area contributed by atoms with Crippen LogP contribution in [0.1, 0.15) is 32.6 Å². The summed E-state index contributed by atoms with van der Waals surface area (Å²) in [6.45, 7) is 2.46. The Morgan fingerprint density at radius 3 is 2.61 bits per heavy atom. The number of nitrogens with two attached hydrogens (primary N) is 1. The second kappa shape index (κ2) is 9.41. The minimum atomic E-state index is -1.14. The van der Waals surface area contributed by atoms with Gasteiger partial charge in [0.25, 0.3) is 0 Å². The van der Waals surface area contributed by atoms with Gasteiger partial charge in [0.15, 0.2) is 0 Å². The van der Waals surface area contributed by atoms with E-state index in [4.69, 9.17) is 15.6 Å². The molecule has 1 atom stereocenters. The van der Waals surface area contributed by atoms with E-state index < -0.39 is 30.3 Å². The minimum absolute atomic E-state index is 0.0508. The van der Waals surface area contributed by atoms with E-state index in [1.54, 1.807) is 0 Å². The van der Waals surface area contributed by atoms with Crippen LogP contribution in [-0.2, 0) is 19.1 Å². The van der Waals surface area contributed by atoms with Gasteiger partial charge >= 0.3 is 11.9 Å². The molecule has 4 N–H and O–H groups in total. The molecule has 0 rings (SSSR count). The standard InChI is InChI=1S/C11H20N2O5/c1-2-3-6-18-10(16)4-5-13-11(17)8(12)7-9(14)15/h8H,2-7,12H2,1H3,(H,13,17)(H,14,15). The molecule has 0 fully saturated rings. The molecule has 7 heteroatoms. The number of unbranched alkanes of at least 4 members (excludes halogenated alkanes) is 1. The van der Waals surface area contributed by atoms with Gasteiger partial charge in [0.1, 0.15) is 0 Å². The third-order valence-corrected chi connectivity index (χ3v) is 2.12. The van der Waals surface area contributed by atoms with Crippen LogP contribution >= 0.6 is 0 Å². The summed E-state index contributed by atoms with van der Waals surface area (Å²) in [5.74, 6) is -2.12. The molecule has 0 heterocycles. The summed E-state index contributed by atoms with van der Waals surface area (Å²) in [4.78, 5) is 32.7. The number of aliphatic carboxylic acids is 1. The lowest BCUT2D eigenvalue weighted by Crippen LogP contribution is -2.42. The predicted octanol–water partition coefficient (Wildman–Crippen LogP) is -0.362. The highest BCUT2D eigenvalue weighted by Crippen LogP contribution is 1.92. The second-order valence-electron chi connectivity index (χ2n) is 3.82. The number of esters is 1. The smallest absolute Gasteiger partial charge is 0.307 e. The highest BCUT2D eigenvalue weighted by Gasteiger charge is 2.16. The molecule has 0 aromatic heterocycles. The first-order valence-electron chi connectivity index (χ1n) is 5.88. The summed E-state index contributed by atoms with van der Waals surface area (Å²) >= 11 is 0. The zero-order valence-corrected chi connectivity index (χ0v) is 10.5. The predicted molar refractivity (Wildman–Crippen MR) is 63.7 cm³/mol. The van der Waals surface area contributed by atoms with Crippen LogP contribution in [0.15, 0.2) is 0 Å². The summed E-state index contributed by atoms with van der Waals surface area (Å²) < 4.78 is 4.87. The first-order chi connectivity index (χ1) is 8.47. The molecule has 1 amide bonds. The van der Waals surface area contributed by atoms with Crippen molar-refractivity contribution in [3.63, 3.8) is 0 Å². The number of carboxylic acids is 1. The SMILES string of the molecule is CCCCOC(=O)CCNC(=O)C(N)CC(=O)O. The molecular formula is C11H20N2O5. The Bertz CT molecular complexity index is 293. The van der Waals surface area contributed by atoms with Crippen molar-refractivity contribution in [1.29, 1.82) is 0 Å². The molecule has 0 aromatic carbocycles. The van der Waals surface area contributed by atoms with E-state index in [-0.39, 0.29) is 13.0 Å². The average molecular weight is 260 g/mol. The summed E-state index contributed by atoms with van der Waals surface area (Å²) in [6.07, 6.45) is 1.36. The van der Waals surface area contributed by atoms with Crippen molar-refractivity contribution in [3.05, 3.63) is 0 Å². The van der Waals surface area contributed by atoms with Crippen molar-refractivity contribution < 1.29 is 24.2 Å². The van der Waals surface area contributed by atoms with Gasteiger partial charge in [0, 0.05) is 6.54 Å². The van der Waals surface area contributed by atoms with Crippen LogP contribution in [0.5, 0.6) is 0 Å². The van der Waals surface area contributed by atoms with Crippen LogP contribution in [0.4, 0.5) is 0 Å². The third kappa shape index (κ3) is 8.51. The van der Waals surface area contributed by atoms with E-state index in [2.05, 4.69) is 5.32 Å². The van der Waals surface area contributed by atoms with Gasteiger partial charge in [-0.2, -0.15) is 0 Å². The zero-order chi connectivity index (χ0) is 14.0. The molecule has 1 unspecified atom stereocenters. The van der Waals surface area contributed by atoms with E-state index in [9.17, 15) is 14.4 Å². The monoisotopic (exact) mass is 260 g/mol. The number of rotatable bonds is 9. The molecule has 0 aliphatic carbocycles. The third-order valence-electron chi connectivity index (χ3n) is 2.12. The summed E-state index contributed by atoms with van der Waals surface area (Å²) in [6, 6.07) is -1.10. The topological polar surface area (TPSA) is 119 Å². The van der Waals surface area contributed by atoms with Gasteiger partial charge in [-0.25, -0.2) is 0 Å². The molecule has 0 saturated heterocycles. The van der Waals surface area contributed by atoms with Gasteiger partial charge < -0.3 is 20.9 Å². The van der Waals surface area contributed by atoms with Crippen LogP contribution in [0.25, 0.3) is 0 Å². The maximum absolute atomic E-state index is 11.3. The Kier molecular flexibility index (Phi) is 8.55. The first kappa shape index (κ1) is 16.4. The normalized spacial score (nSPS) is 11.7. The maximum atomic E-state index is 11.3. The largest absolute Gasteiger partial charge is 0.481 e. The highest BCUT2D eigenvalue weighted by molar-refractivity contribution is 5.86. The molecule has 0 aliphatic rings. The molecule has 0 radical (unpaired) electrons. The number of amides is 1. The van der Waals surface area contributed by atoms with E-state index in [0.717, 1.165) is 12.8 Å². The summed E-state index contributed by atoms with van der Waals surface area (Å²) in [5, 5.41) is 10.8. The van der Waals surface area contributed by atoms with Gasteiger partial charge in [-0.15, -0.1) is 0 Å². The molecule has 0 spiro atoms. The van der Waals surface area contributed by atoms with E-state index in [1.807, 2.05) is 6.92 Å². The number of carbonyl (C=O) groups is 3. The fourth-order valence-corrected chi connectivity index (χ4v) is 1.10. The average Bonchev–Trinajstić information content (AvgIpc) is 2.28. The van der Waals surface area contributed by atoms with Crippen molar-refractivity contribution in [2.24, 2.45) is 5.73 Å². The number of ether oxygens (including phenoxy) is 1. The molecule has 0 bridgehead atoms. The fourth-order valence-electron chi connectivity index (χ4n) is 1.10. The van der Waals surface area contributed by atoms with Gasteiger partial charge in [0.2, 0.25) is 5.91 Å². The first-order valence-corrected chi connectivity index (χ1v) is 5.88. The molecule has 0 saturated carbocycles. The van der Waals surface area contributed by atoms with E-state index in [1.165, 1.54) is 0 Å². The number of hydrogen-bond acceptors (Lipinski definition) is 5. The van der Waals surface area contributed by atoms with E-state index in [0.29, 0.717) is 6.61 Å². The van der Waals surface area contributed by atoms with Crippen molar-refractivity contribution in [2.75, 3.05) is 13.2 Å². The van der Waals surface area contributed by atoms with Gasteiger partial charge in [-0.3, -0.25) is 14.4 Å². The molecule has 0 aliphatic heterocycles. The fraction of sp³-hybridized carbons (Fsp3) is 0.727. The lowest BCUT2D eigenvalue weighted by atomic mass is 10.2. The van der Waals surface area contributed by atoms with Crippen LogP contribution < -0.4 is 11.1 Å². The Balaban J connectivity index is 3.67. The molecule has 0 aromatic rings. The van der Waals surface area contributed by atoms with Crippen LogP contribution in [0, 0.1) is 0 Å². The van der Waals surface area contributed by atoms with E-state index >= 15 is 0 Å². The lowest BCUT2D eigenvalue weighted by molar-refractivity contribution is -0.144. The molecule has 104 valence electrons. The van der Waals surface area contributed by atoms with Crippen LogP contribution in [-0.4, -0.2) is 42.1 Å². The zero-order valence-electron chi connectivity index (χ0n) is 10.5. The Morgan fingerprint density at radius 1 is 1.39 bits per heavy atom. The number of carboxylic acid groups (broad SMARTS) is 1. The van der Waals surface area contributed by atoms with Gasteiger partial charge in [-0.05, 0) is 6.42 Å². The molecule has 7 nitrogen and oxygen atoms in total. The lowest BCUT2D eigenvalue weighted by Gasteiger charge is -2.09. The number of hydrogen-bond donors (Lipinski definition) is 3. The molecule has 18 heavy (non-hydrogen) atoms. The maximum Gasteiger partial charge on any atom is 0.307 e. The summed E-state index contributed by atoms with van der Waals surface area (Å²) in [7, 11) is 0. The highest BCUT2D eigenvalue weighted by atomic mass is 16.5. The Hall–Kier alpha value is -1.63. The Morgan fingerprint density at radius 2 is 2.06 bits per heavy atom. The number of nitrogens with one attached hydrogen (secondary N) is 1. The number of carbonyl (C=O) groups excluding carboxylic acids is 2. The van der Waals surface area contributed by atoms with Gasteiger partial charge in [-0.1, -0.05) is 13.3 Å². The second-order valence-corrected chi connectivity index (χ2v) is 3.82. The van der Waals surface area contributed by atoms with Crippen LogP contribution in [0.2, 0.25) is 0 Å². The summed E-state index contributed by atoms with van der Waals surface area (Å²) in [5.41, 5.74) is 5.32. The van der Waals surface area contributed by atoms with Gasteiger partial charge in [0.05, 0.1) is 25.5 Å². The quantitative estimate of drug-likeness (QED) is 0.385. The van der Waals surface area contributed by atoms with Crippen molar-refractivity contribution in [3.8, 4) is 0 Å². The van der Waals surface area contributed by atoms with Crippen molar-refractivity contribution in [2.45, 2.75) is 38.6 Å². The van der Waals surface area contributed by atoms with Crippen molar-refractivity contribution in [1.82, 2.24) is 5.32 Å². The van der Waals surface area contributed by atoms with Crippen LogP contribution in [0.3, 0.4) is 0 Å². The Labute approximate surface area is 106 Å². The molecular weight excluding hydrogens is 240 g/mol.